The zero-order valence-corrected chi connectivity index (χ0v) is 16.2. The lowest BCUT2D eigenvalue weighted by molar-refractivity contribution is -0.123. The van der Waals surface area contributed by atoms with E-state index in [9.17, 15) is 9.59 Å². The van der Waals surface area contributed by atoms with E-state index in [1.165, 1.54) is 17.6 Å². The van der Waals surface area contributed by atoms with Gasteiger partial charge in [0.25, 0.3) is 5.91 Å². The van der Waals surface area contributed by atoms with Crippen LogP contribution >= 0.6 is 11.3 Å². The Balaban J connectivity index is 1.50. The molecule has 8 heteroatoms. The van der Waals surface area contributed by atoms with Crippen molar-refractivity contribution in [3.8, 4) is 0 Å². The Bertz CT molecular complexity index is 978. The third-order valence-corrected chi connectivity index (χ3v) is 5.32. The van der Waals surface area contributed by atoms with Gasteiger partial charge in [-0.15, -0.1) is 11.3 Å². The number of amides is 2. The molecule has 1 fully saturated rings. The maximum Gasteiger partial charge on any atom is 0.279 e. The molecule has 2 N–H and O–H groups in total. The van der Waals surface area contributed by atoms with Gasteiger partial charge in [0.2, 0.25) is 11.8 Å². The molecule has 0 bridgehead atoms. The van der Waals surface area contributed by atoms with Gasteiger partial charge in [-0.3, -0.25) is 14.9 Å². The van der Waals surface area contributed by atoms with Crippen molar-refractivity contribution in [2.24, 2.45) is 5.92 Å². The number of carbonyl (C=O) groups excluding carboxylic acids is 2. The van der Waals surface area contributed by atoms with Crippen LogP contribution in [0.2, 0.25) is 0 Å². The first-order valence-electron chi connectivity index (χ1n) is 9.11. The molecule has 2 heterocycles. The van der Waals surface area contributed by atoms with E-state index >= 15 is 0 Å². The van der Waals surface area contributed by atoms with Crippen molar-refractivity contribution >= 4 is 28.3 Å². The normalized spacial score (nSPS) is 14.5. The summed E-state index contributed by atoms with van der Waals surface area (Å²) in [5, 5.41) is 8.08. The summed E-state index contributed by atoms with van der Waals surface area (Å²) in [6, 6.07) is 9.36. The van der Waals surface area contributed by atoms with Crippen molar-refractivity contribution in [1.29, 1.82) is 0 Å². The zero-order chi connectivity index (χ0) is 19.5. The molecule has 1 aliphatic carbocycles. The molecule has 144 valence electrons. The first-order chi connectivity index (χ1) is 13.6. The summed E-state index contributed by atoms with van der Waals surface area (Å²) in [4.78, 5) is 33.2. The molecule has 2 aromatic heterocycles. The highest BCUT2D eigenvalue weighted by Crippen LogP contribution is 2.30. The predicted octanol–water partition coefficient (Wildman–Crippen LogP) is 3.50. The Kier molecular flexibility index (Phi) is 5.21. The standard InChI is InChI=1S/C20H20N4O3S/c1-12-11-28-20(21-12)24-18(26)16-10-27-19(23-16)15(22-17(25)14-7-8-14)9-13-5-3-2-4-6-13/h2-6,10-11,14-15H,7-9H2,1H3,(H,22,25)(H,21,24,26)/t15-/m1/s1. The second kappa shape index (κ2) is 7.93. The SMILES string of the molecule is Cc1csc(NC(=O)c2coc([C@@H](Cc3ccccc3)NC(=O)C3CC3)n2)n1. The number of hydrogen-bond acceptors (Lipinski definition) is 6. The van der Waals surface area contributed by atoms with Crippen LogP contribution in [0, 0.1) is 12.8 Å². The summed E-state index contributed by atoms with van der Waals surface area (Å²) >= 11 is 1.35. The molecule has 3 aromatic rings. The highest BCUT2D eigenvalue weighted by atomic mass is 32.1. The number of thiazole rings is 1. The van der Waals surface area contributed by atoms with E-state index in [-0.39, 0.29) is 17.5 Å². The molecule has 1 saturated carbocycles. The molecule has 28 heavy (non-hydrogen) atoms. The van der Waals surface area contributed by atoms with Gasteiger partial charge in [-0.2, -0.15) is 0 Å². The third-order valence-electron chi connectivity index (χ3n) is 4.44. The van der Waals surface area contributed by atoms with Gasteiger partial charge in [0, 0.05) is 17.7 Å². The first kappa shape index (κ1) is 18.4. The molecule has 7 nitrogen and oxygen atoms in total. The van der Waals surface area contributed by atoms with Crippen LogP contribution < -0.4 is 10.6 Å². The van der Waals surface area contributed by atoms with Crippen molar-refractivity contribution in [1.82, 2.24) is 15.3 Å². The summed E-state index contributed by atoms with van der Waals surface area (Å²) in [5.74, 6) is 0.00203. The first-order valence-corrected chi connectivity index (χ1v) is 9.99. The largest absolute Gasteiger partial charge is 0.446 e. The van der Waals surface area contributed by atoms with Gasteiger partial charge < -0.3 is 9.73 Å². The minimum Gasteiger partial charge on any atom is -0.446 e. The minimum absolute atomic E-state index is 0.00314. The number of benzene rings is 1. The molecule has 0 unspecified atom stereocenters. The van der Waals surface area contributed by atoms with Crippen LogP contribution in [0.3, 0.4) is 0 Å². The number of aryl methyl sites for hydroxylation is 1. The number of carbonyl (C=O) groups is 2. The lowest BCUT2D eigenvalue weighted by atomic mass is 10.1. The maximum absolute atomic E-state index is 12.4. The van der Waals surface area contributed by atoms with Crippen LogP contribution in [0.4, 0.5) is 5.13 Å². The second-order valence-corrected chi connectivity index (χ2v) is 7.70. The Morgan fingerprint density at radius 2 is 2.04 bits per heavy atom. The van der Waals surface area contributed by atoms with Crippen molar-refractivity contribution in [2.75, 3.05) is 5.32 Å². The smallest absolute Gasteiger partial charge is 0.279 e. The average molecular weight is 396 g/mol. The lowest BCUT2D eigenvalue weighted by Crippen LogP contribution is -2.31. The van der Waals surface area contributed by atoms with E-state index in [1.54, 1.807) is 0 Å². The molecule has 2 amide bonds. The van der Waals surface area contributed by atoms with Crippen molar-refractivity contribution < 1.29 is 14.0 Å². The van der Waals surface area contributed by atoms with Gasteiger partial charge in [0.05, 0.1) is 5.69 Å². The quantitative estimate of drug-likeness (QED) is 0.637. The van der Waals surface area contributed by atoms with Gasteiger partial charge in [0.1, 0.15) is 12.3 Å². The monoisotopic (exact) mass is 396 g/mol. The number of anilines is 1. The number of oxazole rings is 1. The molecule has 4 rings (SSSR count). The Hall–Kier alpha value is -3.00. The highest BCUT2D eigenvalue weighted by Gasteiger charge is 2.32. The molecule has 1 aromatic carbocycles. The van der Waals surface area contributed by atoms with Crippen LogP contribution in [-0.2, 0) is 11.2 Å². The molecular formula is C20H20N4O3S. The second-order valence-electron chi connectivity index (χ2n) is 6.84. The van der Waals surface area contributed by atoms with Crippen LogP contribution in [0.25, 0.3) is 0 Å². The summed E-state index contributed by atoms with van der Waals surface area (Å²) in [6.07, 6.45) is 3.67. The third kappa shape index (κ3) is 4.45. The van der Waals surface area contributed by atoms with Gasteiger partial charge in [-0.05, 0) is 25.3 Å². The number of hydrogen-bond donors (Lipinski definition) is 2. The Labute approximate surface area is 166 Å². The van der Waals surface area contributed by atoms with Gasteiger partial charge in [0.15, 0.2) is 10.8 Å². The minimum atomic E-state index is -0.431. The highest BCUT2D eigenvalue weighted by molar-refractivity contribution is 7.13. The van der Waals surface area contributed by atoms with Gasteiger partial charge >= 0.3 is 0 Å². The molecule has 1 aliphatic rings. The van der Waals surface area contributed by atoms with Crippen molar-refractivity contribution in [3.05, 3.63) is 64.8 Å². The van der Waals surface area contributed by atoms with Crippen LogP contribution in [-0.4, -0.2) is 21.8 Å². The maximum atomic E-state index is 12.4. The fraction of sp³-hybridized carbons (Fsp3) is 0.300. The van der Waals surface area contributed by atoms with Crippen molar-refractivity contribution in [3.63, 3.8) is 0 Å². The molecule has 0 spiro atoms. The van der Waals surface area contributed by atoms with Crippen LogP contribution in [0.15, 0.2) is 46.4 Å². The summed E-state index contributed by atoms with van der Waals surface area (Å²) in [5.41, 5.74) is 2.04. The zero-order valence-electron chi connectivity index (χ0n) is 15.3. The van der Waals surface area contributed by atoms with Gasteiger partial charge in [-0.1, -0.05) is 30.3 Å². The number of nitrogens with one attached hydrogen (secondary N) is 2. The molecule has 0 saturated heterocycles. The fourth-order valence-electron chi connectivity index (χ4n) is 2.81. The number of aromatic nitrogens is 2. The van der Waals surface area contributed by atoms with Crippen molar-refractivity contribution in [2.45, 2.75) is 32.2 Å². The van der Waals surface area contributed by atoms with E-state index in [1.807, 2.05) is 42.6 Å². The summed E-state index contributed by atoms with van der Waals surface area (Å²) in [6.45, 7) is 1.86. The van der Waals surface area contributed by atoms with Crippen LogP contribution in [0.1, 0.15) is 46.5 Å². The lowest BCUT2D eigenvalue weighted by Gasteiger charge is -2.15. The molecule has 0 aliphatic heterocycles. The predicted molar refractivity (Wildman–Crippen MR) is 105 cm³/mol. The van der Waals surface area contributed by atoms with E-state index in [0.717, 1.165) is 24.1 Å². The fourth-order valence-corrected chi connectivity index (χ4v) is 3.49. The molecular weight excluding hydrogens is 376 g/mol. The number of nitrogens with zero attached hydrogens (tertiary/aromatic N) is 2. The van der Waals surface area contributed by atoms with E-state index < -0.39 is 11.9 Å². The Morgan fingerprint density at radius 3 is 2.71 bits per heavy atom. The van der Waals surface area contributed by atoms with Crippen LogP contribution in [0.5, 0.6) is 0 Å². The van der Waals surface area contributed by atoms with Gasteiger partial charge in [-0.25, -0.2) is 9.97 Å². The average Bonchev–Trinajstić information content (AvgIpc) is 3.29. The molecule has 1 atom stereocenters. The number of rotatable bonds is 7. The van der Waals surface area contributed by atoms with E-state index in [4.69, 9.17) is 4.42 Å². The molecule has 0 radical (unpaired) electrons. The topological polar surface area (TPSA) is 97.1 Å². The van der Waals surface area contributed by atoms with E-state index in [0.29, 0.717) is 17.4 Å². The summed E-state index contributed by atoms with van der Waals surface area (Å²) in [7, 11) is 0. The summed E-state index contributed by atoms with van der Waals surface area (Å²) < 4.78 is 5.56. The van der Waals surface area contributed by atoms with E-state index in [2.05, 4.69) is 20.6 Å². The Morgan fingerprint density at radius 1 is 1.25 bits per heavy atom.